The van der Waals surface area contributed by atoms with E-state index in [-0.39, 0.29) is 6.10 Å². The zero-order valence-electron chi connectivity index (χ0n) is 19.6. The minimum atomic E-state index is -1.48. The molecule has 0 saturated heterocycles. The standard InChI is InChI=1S/C25H48O4/c1-4-7-9-10-11-12-13-14-15-16-17-18-20-23(29-25(28)24(26)27)21-22(6-3)19-8-5-2/h22-23H,4-21H2,1-3H3,(H,26,27). The maximum absolute atomic E-state index is 11.5. The molecule has 0 fully saturated rings. The Kier molecular flexibility index (Phi) is 19.5. The number of hydrogen-bond acceptors (Lipinski definition) is 3. The van der Waals surface area contributed by atoms with Gasteiger partial charge in [-0.05, 0) is 25.2 Å². The van der Waals surface area contributed by atoms with Crippen LogP contribution in [0.2, 0.25) is 0 Å². The highest BCUT2D eigenvalue weighted by atomic mass is 16.6. The molecule has 0 radical (unpaired) electrons. The van der Waals surface area contributed by atoms with Gasteiger partial charge in [0.15, 0.2) is 0 Å². The van der Waals surface area contributed by atoms with Gasteiger partial charge in [0.05, 0.1) is 0 Å². The Morgan fingerprint density at radius 2 is 1.17 bits per heavy atom. The van der Waals surface area contributed by atoms with Crippen LogP contribution in [0.25, 0.3) is 0 Å². The number of esters is 1. The minimum absolute atomic E-state index is 0.247. The minimum Gasteiger partial charge on any atom is -0.473 e. The van der Waals surface area contributed by atoms with Crippen LogP contribution < -0.4 is 0 Å². The van der Waals surface area contributed by atoms with Gasteiger partial charge in [-0.15, -0.1) is 0 Å². The summed E-state index contributed by atoms with van der Waals surface area (Å²) in [7, 11) is 0. The SMILES string of the molecule is CCCCCCCCCCCCCCC(CC(CC)CCCC)OC(=O)C(=O)O. The Balaban J connectivity index is 3.98. The van der Waals surface area contributed by atoms with Crippen LogP contribution in [0, 0.1) is 5.92 Å². The van der Waals surface area contributed by atoms with E-state index in [2.05, 4.69) is 20.8 Å². The smallest absolute Gasteiger partial charge is 0.417 e. The lowest BCUT2D eigenvalue weighted by Gasteiger charge is -2.22. The Labute approximate surface area is 180 Å². The van der Waals surface area contributed by atoms with Crippen LogP contribution in [-0.2, 0) is 14.3 Å². The Bertz CT molecular complexity index is 394. The summed E-state index contributed by atoms with van der Waals surface area (Å²) in [6, 6.07) is 0. The van der Waals surface area contributed by atoms with E-state index in [4.69, 9.17) is 9.84 Å². The van der Waals surface area contributed by atoms with Gasteiger partial charge in [-0.2, -0.15) is 0 Å². The number of rotatable bonds is 20. The highest BCUT2D eigenvalue weighted by molar-refractivity contribution is 6.28. The van der Waals surface area contributed by atoms with Gasteiger partial charge in [0.2, 0.25) is 0 Å². The van der Waals surface area contributed by atoms with Gasteiger partial charge in [0, 0.05) is 0 Å². The monoisotopic (exact) mass is 412 g/mol. The van der Waals surface area contributed by atoms with Crippen LogP contribution in [0.1, 0.15) is 136 Å². The molecule has 4 heteroatoms. The summed E-state index contributed by atoms with van der Waals surface area (Å²) in [6.07, 6.45) is 21.4. The van der Waals surface area contributed by atoms with Crippen LogP contribution in [-0.4, -0.2) is 23.1 Å². The van der Waals surface area contributed by atoms with Crippen molar-refractivity contribution < 1.29 is 19.4 Å². The van der Waals surface area contributed by atoms with E-state index >= 15 is 0 Å². The molecular weight excluding hydrogens is 364 g/mol. The second-order valence-corrected chi connectivity index (χ2v) is 8.66. The second-order valence-electron chi connectivity index (χ2n) is 8.66. The molecule has 2 unspecified atom stereocenters. The van der Waals surface area contributed by atoms with E-state index in [9.17, 15) is 9.59 Å². The third kappa shape index (κ3) is 17.5. The summed E-state index contributed by atoms with van der Waals surface area (Å²) >= 11 is 0. The number of hydrogen-bond donors (Lipinski definition) is 1. The fourth-order valence-electron chi connectivity index (χ4n) is 3.99. The number of ether oxygens (including phenoxy) is 1. The Morgan fingerprint density at radius 3 is 1.62 bits per heavy atom. The van der Waals surface area contributed by atoms with Crippen molar-refractivity contribution in [2.75, 3.05) is 0 Å². The van der Waals surface area contributed by atoms with Gasteiger partial charge in [-0.1, -0.05) is 117 Å². The number of unbranched alkanes of at least 4 members (excludes halogenated alkanes) is 12. The molecule has 0 aliphatic rings. The molecule has 1 N–H and O–H groups in total. The van der Waals surface area contributed by atoms with Gasteiger partial charge in [-0.3, -0.25) is 0 Å². The fraction of sp³-hybridized carbons (Fsp3) is 0.920. The molecule has 172 valence electrons. The van der Waals surface area contributed by atoms with E-state index in [1.165, 1.54) is 70.6 Å². The van der Waals surface area contributed by atoms with E-state index in [0.717, 1.165) is 44.9 Å². The van der Waals surface area contributed by atoms with Crippen LogP contribution >= 0.6 is 0 Å². The lowest BCUT2D eigenvalue weighted by atomic mass is 9.91. The quantitative estimate of drug-likeness (QED) is 0.126. The average Bonchev–Trinajstić information content (AvgIpc) is 2.71. The van der Waals surface area contributed by atoms with E-state index < -0.39 is 11.9 Å². The molecule has 0 aromatic heterocycles. The van der Waals surface area contributed by atoms with Gasteiger partial charge in [0.25, 0.3) is 0 Å². The topological polar surface area (TPSA) is 63.6 Å². The predicted molar refractivity (Wildman–Crippen MR) is 121 cm³/mol. The average molecular weight is 413 g/mol. The molecule has 0 aliphatic carbocycles. The van der Waals surface area contributed by atoms with Crippen molar-refractivity contribution in [2.45, 2.75) is 142 Å². The number of aliphatic carboxylic acids is 1. The molecule has 0 amide bonds. The molecular formula is C25H48O4. The van der Waals surface area contributed by atoms with Crippen LogP contribution in [0.3, 0.4) is 0 Å². The maximum Gasteiger partial charge on any atom is 0.417 e. The molecule has 0 aliphatic heterocycles. The first-order valence-electron chi connectivity index (χ1n) is 12.5. The van der Waals surface area contributed by atoms with Crippen molar-refractivity contribution in [1.29, 1.82) is 0 Å². The second kappa shape index (κ2) is 20.2. The molecule has 2 atom stereocenters. The van der Waals surface area contributed by atoms with Crippen molar-refractivity contribution >= 4 is 11.9 Å². The molecule has 29 heavy (non-hydrogen) atoms. The molecule has 0 aromatic carbocycles. The molecule has 0 spiro atoms. The summed E-state index contributed by atoms with van der Waals surface area (Å²) in [5.74, 6) is -2.07. The molecule has 4 nitrogen and oxygen atoms in total. The van der Waals surface area contributed by atoms with Crippen LogP contribution in [0.4, 0.5) is 0 Å². The third-order valence-electron chi connectivity index (χ3n) is 5.97. The number of carbonyl (C=O) groups is 2. The highest BCUT2D eigenvalue weighted by Crippen LogP contribution is 2.23. The summed E-state index contributed by atoms with van der Waals surface area (Å²) in [5.41, 5.74) is 0. The molecule has 0 bridgehead atoms. The molecule has 0 aromatic rings. The predicted octanol–water partition coefficient (Wildman–Crippen LogP) is 7.68. The molecule has 0 saturated carbocycles. The molecule has 0 heterocycles. The van der Waals surface area contributed by atoms with Crippen molar-refractivity contribution in [2.24, 2.45) is 5.92 Å². The van der Waals surface area contributed by atoms with Crippen molar-refractivity contribution in [3.8, 4) is 0 Å². The first kappa shape index (κ1) is 27.9. The van der Waals surface area contributed by atoms with Crippen LogP contribution in [0.5, 0.6) is 0 Å². The maximum atomic E-state index is 11.5. The Hall–Kier alpha value is -1.06. The zero-order valence-corrected chi connectivity index (χ0v) is 19.6. The first-order chi connectivity index (χ1) is 14.0. The zero-order chi connectivity index (χ0) is 21.7. The third-order valence-corrected chi connectivity index (χ3v) is 5.97. The van der Waals surface area contributed by atoms with Crippen molar-refractivity contribution in [3.63, 3.8) is 0 Å². The Morgan fingerprint density at radius 1 is 0.690 bits per heavy atom. The largest absolute Gasteiger partial charge is 0.473 e. The van der Waals surface area contributed by atoms with E-state index in [0.29, 0.717) is 5.92 Å². The highest BCUT2D eigenvalue weighted by Gasteiger charge is 2.22. The summed E-state index contributed by atoms with van der Waals surface area (Å²) < 4.78 is 5.29. The van der Waals surface area contributed by atoms with Gasteiger partial charge >= 0.3 is 11.9 Å². The van der Waals surface area contributed by atoms with Crippen molar-refractivity contribution in [1.82, 2.24) is 0 Å². The lowest BCUT2D eigenvalue weighted by molar-refractivity contribution is -0.168. The summed E-state index contributed by atoms with van der Waals surface area (Å²) in [6.45, 7) is 6.61. The van der Waals surface area contributed by atoms with E-state index in [1.54, 1.807) is 0 Å². The summed E-state index contributed by atoms with van der Waals surface area (Å²) in [5, 5.41) is 8.86. The number of carbonyl (C=O) groups excluding carboxylic acids is 1. The number of carboxylic acid groups (broad SMARTS) is 1. The fourth-order valence-corrected chi connectivity index (χ4v) is 3.99. The normalized spacial score (nSPS) is 13.2. The van der Waals surface area contributed by atoms with Gasteiger partial charge in [0.1, 0.15) is 6.10 Å². The summed E-state index contributed by atoms with van der Waals surface area (Å²) in [4.78, 5) is 22.4. The van der Waals surface area contributed by atoms with Gasteiger partial charge in [-0.25, -0.2) is 9.59 Å². The lowest BCUT2D eigenvalue weighted by Crippen LogP contribution is -2.26. The van der Waals surface area contributed by atoms with Crippen LogP contribution in [0.15, 0.2) is 0 Å². The van der Waals surface area contributed by atoms with Crippen molar-refractivity contribution in [3.05, 3.63) is 0 Å². The number of carboxylic acids is 1. The molecule has 0 rings (SSSR count). The first-order valence-corrected chi connectivity index (χ1v) is 12.5. The van der Waals surface area contributed by atoms with E-state index in [1.807, 2.05) is 0 Å². The van der Waals surface area contributed by atoms with Gasteiger partial charge < -0.3 is 9.84 Å².